The molecule has 0 saturated carbocycles. The molecular formula is C11H13F2NO. The Morgan fingerprint density at radius 2 is 2.20 bits per heavy atom. The number of halogens is 2. The van der Waals surface area contributed by atoms with E-state index in [0.29, 0.717) is 6.61 Å². The molecule has 0 amide bonds. The average Bonchev–Trinajstić information content (AvgIpc) is 2.64. The van der Waals surface area contributed by atoms with Gasteiger partial charge in [0.25, 0.3) is 6.43 Å². The second kappa shape index (κ2) is 4.14. The largest absolute Gasteiger partial charge is 0.493 e. The fourth-order valence-electron chi connectivity index (χ4n) is 1.73. The van der Waals surface area contributed by atoms with Crippen LogP contribution in [0.5, 0.6) is 5.75 Å². The number of hydrogen-bond donors (Lipinski definition) is 1. The Balaban J connectivity index is 2.10. The molecule has 0 bridgehead atoms. The van der Waals surface area contributed by atoms with E-state index in [1.54, 1.807) is 6.07 Å². The number of benzene rings is 1. The van der Waals surface area contributed by atoms with Gasteiger partial charge in [-0.3, -0.25) is 0 Å². The smallest absolute Gasteiger partial charge is 0.253 e. The van der Waals surface area contributed by atoms with Gasteiger partial charge in [0.05, 0.1) is 12.6 Å². The highest BCUT2D eigenvalue weighted by Gasteiger charge is 2.17. The summed E-state index contributed by atoms with van der Waals surface area (Å²) >= 11 is 0. The van der Waals surface area contributed by atoms with E-state index < -0.39 is 12.5 Å². The van der Waals surface area contributed by atoms with Crippen LogP contribution in [0.1, 0.15) is 11.1 Å². The average molecular weight is 213 g/mol. The summed E-state index contributed by atoms with van der Waals surface area (Å²) in [5.74, 6) is 0.865. The van der Waals surface area contributed by atoms with Crippen molar-refractivity contribution < 1.29 is 13.5 Å². The highest BCUT2D eigenvalue weighted by atomic mass is 19.3. The maximum absolute atomic E-state index is 12.2. The first-order valence-corrected chi connectivity index (χ1v) is 4.95. The Morgan fingerprint density at radius 3 is 2.93 bits per heavy atom. The lowest BCUT2D eigenvalue weighted by Crippen LogP contribution is -2.30. The Hall–Kier alpha value is -1.16. The summed E-state index contributed by atoms with van der Waals surface area (Å²) in [7, 11) is 0. The Morgan fingerprint density at radius 1 is 1.40 bits per heavy atom. The van der Waals surface area contributed by atoms with Crippen LogP contribution in [0, 0.1) is 0 Å². The lowest BCUT2D eigenvalue weighted by Gasteiger charge is -2.10. The minimum atomic E-state index is -2.46. The van der Waals surface area contributed by atoms with Crippen LogP contribution in [0.2, 0.25) is 0 Å². The van der Waals surface area contributed by atoms with E-state index in [1.165, 1.54) is 0 Å². The summed E-state index contributed by atoms with van der Waals surface area (Å²) in [5, 5.41) is 0. The van der Waals surface area contributed by atoms with Gasteiger partial charge in [-0.1, -0.05) is 12.1 Å². The molecule has 82 valence electrons. The van der Waals surface area contributed by atoms with E-state index in [-0.39, 0.29) is 6.42 Å². The second-order valence-electron chi connectivity index (χ2n) is 3.74. The van der Waals surface area contributed by atoms with Crippen molar-refractivity contribution in [1.82, 2.24) is 0 Å². The van der Waals surface area contributed by atoms with Gasteiger partial charge in [-0.2, -0.15) is 0 Å². The third kappa shape index (κ3) is 2.26. The van der Waals surface area contributed by atoms with Crippen molar-refractivity contribution in [2.75, 3.05) is 6.61 Å². The van der Waals surface area contributed by atoms with E-state index in [2.05, 4.69) is 0 Å². The lowest BCUT2D eigenvalue weighted by atomic mass is 10.0. The molecule has 1 aliphatic heterocycles. The molecule has 0 aliphatic carbocycles. The second-order valence-corrected chi connectivity index (χ2v) is 3.74. The molecule has 0 fully saturated rings. The molecule has 1 aromatic carbocycles. The van der Waals surface area contributed by atoms with Crippen molar-refractivity contribution in [2.45, 2.75) is 25.3 Å². The van der Waals surface area contributed by atoms with Gasteiger partial charge in [0.2, 0.25) is 0 Å². The molecule has 4 heteroatoms. The molecule has 1 unspecified atom stereocenters. The van der Waals surface area contributed by atoms with Gasteiger partial charge in [0, 0.05) is 6.42 Å². The molecule has 2 rings (SSSR count). The zero-order valence-corrected chi connectivity index (χ0v) is 8.25. The molecular weight excluding hydrogens is 200 g/mol. The van der Waals surface area contributed by atoms with E-state index in [9.17, 15) is 8.78 Å². The summed E-state index contributed by atoms with van der Waals surface area (Å²) in [5.41, 5.74) is 7.26. The van der Waals surface area contributed by atoms with Crippen LogP contribution in [-0.2, 0) is 12.8 Å². The van der Waals surface area contributed by atoms with E-state index in [4.69, 9.17) is 10.5 Å². The first-order valence-electron chi connectivity index (χ1n) is 4.95. The van der Waals surface area contributed by atoms with Gasteiger partial charge in [-0.05, 0) is 23.6 Å². The standard InChI is InChI=1S/C11H13F2NO/c12-11(13)9(14)6-7-1-2-10-8(5-7)3-4-15-10/h1-2,5,9,11H,3-4,6,14H2. The first kappa shape index (κ1) is 10.4. The predicted molar refractivity (Wildman–Crippen MR) is 53.3 cm³/mol. The van der Waals surface area contributed by atoms with Gasteiger partial charge in [-0.15, -0.1) is 0 Å². The Kier molecular flexibility index (Phi) is 2.86. The highest BCUT2D eigenvalue weighted by Crippen LogP contribution is 2.26. The molecule has 2 nitrogen and oxygen atoms in total. The highest BCUT2D eigenvalue weighted by molar-refractivity contribution is 5.40. The summed E-state index contributed by atoms with van der Waals surface area (Å²) in [4.78, 5) is 0. The van der Waals surface area contributed by atoms with Crippen molar-refractivity contribution in [3.05, 3.63) is 29.3 Å². The SMILES string of the molecule is NC(Cc1ccc2c(c1)CCO2)C(F)F. The van der Waals surface area contributed by atoms with Gasteiger partial charge < -0.3 is 10.5 Å². The van der Waals surface area contributed by atoms with Gasteiger partial charge >= 0.3 is 0 Å². The summed E-state index contributed by atoms with van der Waals surface area (Å²) < 4.78 is 29.8. The lowest BCUT2D eigenvalue weighted by molar-refractivity contribution is 0.116. The van der Waals surface area contributed by atoms with Crippen LogP contribution in [0.25, 0.3) is 0 Å². The van der Waals surface area contributed by atoms with Gasteiger partial charge in [0.1, 0.15) is 5.75 Å². The van der Waals surface area contributed by atoms with Crippen molar-refractivity contribution in [3.63, 3.8) is 0 Å². The molecule has 1 heterocycles. The molecule has 1 atom stereocenters. The van der Waals surface area contributed by atoms with Crippen LogP contribution in [-0.4, -0.2) is 19.1 Å². The first-order chi connectivity index (χ1) is 7.16. The molecule has 0 spiro atoms. The number of alkyl halides is 2. The topological polar surface area (TPSA) is 35.2 Å². The van der Waals surface area contributed by atoms with Crippen molar-refractivity contribution in [1.29, 1.82) is 0 Å². The van der Waals surface area contributed by atoms with Gasteiger partial charge in [-0.25, -0.2) is 8.78 Å². The van der Waals surface area contributed by atoms with Crippen LogP contribution < -0.4 is 10.5 Å². The predicted octanol–water partition coefficient (Wildman–Crippen LogP) is 1.76. The number of fused-ring (bicyclic) bond motifs is 1. The number of ether oxygens (including phenoxy) is 1. The summed E-state index contributed by atoms with van der Waals surface area (Å²) in [6.07, 6.45) is -1.40. The number of hydrogen-bond acceptors (Lipinski definition) is 2. The molecule has 0 radical (unpaired) electrons. The number of rotatable bonds is 3. The third-order valence-corrected chi connectivity index (χ3v) is 2.55. The maximum Gasteiger partial charge on any atom is 0.253 e. The third-order valence-electron chi connectivity index (χ3n) is 2.55. The molecule has 0 saturated heterocycles. The fourth-order valence-corrected chi connectivity index (χ4v) is 1.73. The van der Waals surface area contributed by atoms with Crippen molar-refractivity contribution >= 4 is 0 Å². The molecule has 15 heavy (non-hydrogen) atoms. The molecule has 2 N–H and O–H groups in total. The molecule has 1 aromatic rings. The van der Waals surface area contributed by atoms with Crippen LogP contribution in [0.3, 0.4) is 0 Å². The fraction of sp³-hybridized carbons (Fsp3) is 0.455. The molecule has 1 aliphatic rings. The van der Waals surface area contributed by atoms with Gasteiger partial charge in [0.15, 0.2) is 0 Å². The monoisotopic (exact) mass is 213 g/mol. The zero-order chi connectivity index (χ0) is 10.8. The van der Waals surface area contributed by atoms with E-state index in [0.717, 1.165) is 23.3 Å². The minimum absolute atomic E-state index is 0.213. The Bertz CT molecular complexity index is 354. The van der Waals surface area contributed by atoms with E-state index >= 15 is 0 Å². The van der Waals surface area contributed by atoms with E-state index in [1.807, 2.05) is 12.1 Å². The molecule has 0 aromatic heterocycles. The van der Waals surface area contributed by atoms with Crippen LogP contribution in [0.4, 0.5) is 8.78 Å². The minimum Gasteiger partial charge on any atom is -0.493 e. The quantitative estimate of drug-likeness (QED) is 0.830. The summed E-state index contributed by atoms with van der Waals surface area (Å²) in [6.45, 7) is 0.680. The van der Waals surface area contributed by atoms with Crippen molar-refractivity contribution in [3.8, 4) is 5.75 Å². The summed E-state index contributed by atoms with van der Waals surface area (Å²) in [6, 6.07) is 4.46. The maximum atomic E-state index is 12.2. The van der Waals surface area contributed by atoms with Crippen LogP contribution in [0.15, 0.2) is 18.2 Å². The Labute approximate surface area is 87.0 Å². The zero-order valence-electron chi connectivity index (χ0n) is 8.25. The van der Waals surface area contributed by atoms with Crippen molar-refractivity contribution in [2.24, 2.45) is 5.73 Å². The van der Waals surface area contributed by atoms with Crippen LogP contribution >= 0.6 is 0 Å². The number of nitrogens with two attached hydrogens (primary N) is 1. The normalized spacial score (nSPS) is 16.3.